The molecule has 19 heavy (non-hydrogen) atoms. The fourth-order valence-corrected chi connectivity index (χ4v) is 3.13. The predicted octanol–water partition coefficient (Wildman–Crippen LogP) is 3.59. The molecule has 3 rings (SSSR count). The minimum absolute atomic E-state index is 0.545. The van der Waals surface area contributed by atoms with E-state index >= 15 is 0 Å². The van der Waals surface area contributed by atoms with E-state index in [1.165, 1.54) is 44.2 Å². The monoisotopic (exact) mass is 259 g/mol. The van der Waals surface area contributed by atoms with Gasteiger partial charge in [-0.05, 0) is 52.1 Å². The highest BCUT2D eigenvalue weighted by Crippen LogP contribution is 2.36. The van der Waals surface area contributed by atoms with Gasteiger partial charge in [-0.15, -0.1) is 0 Å². The van der Waals surface area contributed by atoms with Gasteiger partial charge in [-0.25, -0.2) is 4.98 Å². The highest BCUT2D eigenvalue weighted by atomic mass is 15.2. The number of anilines is 1. The molecule has 1 atom stereocenters. The average Bonchev–Trinajstić information content (AvgIpc) is 3.23. The van der Waals surface area contributed by atoms with Gasteiger partial charge in [-0.2, -0.15) is 0 Å². The molecule has 0 amide bonds. The van der Waals surface area contributed by atoms with Gasteiger partial charge in [-0.3, -0.25) is 4.90 Å². The van der Waals surface area contributed by atoms with Crippen LogP contribution in [0.2, 0.25) is 0 Å². The van der Waals surface area contributed by atoms with Gasteiger partial charge in [0.05, 0.1) is 0 Å². The van der Waals surface area contributed by atoms with E-state index in [4.69, 9.17) is 0 Å². The highest BCUT2D eigenvalue weighted by molar-refractivity contribution is 5.47. The van der Waals surface area contributed by atoms with Gasteiger partial charge >= 0.3 is 0 Å². The SMILES string of the molecule is CC(C)N1CCCCC1c1cccnc1NC1CC1. The van der Waals surface area contributed by atoms with Crippen molar-refractivity contribution in [3.63, 3.8) is 0 Å². The molecule has 3 heteroatoms. The molecule has 1 aromatic heterocycles. The number of rotatable bonds is 4. The van der Waals surface area contributed by atoms with E-state index in [1.54, 1.807) is 0 Å². The summed E-state index contributed by atoms with van der Waals surface area (Å²) in [7, 11) is 0. The number of aromatic nitrogens is 1. The first-order valence-electron chi connectivity index (χ1n) is 7.73. The van der Waals surface area contributed by atoms with Crippen LogP contribution in [-0.4, -0.2) is 28.5 Å². The van der Waals surface area contributed by atoms with Gasteiger partial charge in [0.2, 0.25) is 0 Å². The zero-order valence-corrected chi connectivity index (χ0v) is 12.1. The fourth-order valence-electron chi connectivity index (χ4n) is 3.13. The van der Waals surface area contributed by atoms with Crippen LogP contribution in [0.1, 0.15) is 57.6 Å². The fraction of sp³-hybridized carbons (Fsp3) is 0.688. The molecule has 1 N–H and O–H groups in total. The van der Waals surface area contributed by atoms with Crippen molar-refractivity contribution in [2.75, 3.05) is 11.9 Å². The lowest BCUT2D eigenvalue weighted by Gasteiger charge is -2.39. The molecule has 104 valence electrons. The first-order valence-corrected chi connectivity index (χ1v) is 7.73. The molecule has 1 aromatic rings. The average molecular weight is 259 g/mol. The second-order valence-electron chi connectivity index (χ2n) is 6.20. The summed E-state index contributed by atoms with van der Waals surface area (Å²) in [5, 5.41) is 3.60. The Labute approximate surface area is 116 Å². The third kappa shape index (κ3) is 2.92. The van der Waals surface area contributed by atoms with Crippen LogP contribution in [-0.2, 0) is 0 Å². The van der Waals surface area contributed by atoms with Gasteiger partial charge < -0.3 is 5.32 Å². The summed E-state index contributed by atoms with van der Waals surface area (Å²) in [6, 6.07) is 6.18. The molecular formula is C16H25N3. The van der Waals surface area contributed by atoms with Crippen molar-refractivity contribution in [2.45, 2.75) is 64.1 Å². The zero-order chi connectivity index (χ0) is 13.2. The van der Waals surface area contributed by atoms with Crippen LogP contribution in [0.5, 0.6) is 0 Å². The molecule has 0 spiro atoms. The maximum atomic E-state index is 4.59. The Bertz CT molecular complexity index is 426. The third-order valence-electron chi connectivity index (χ3n) is 4.32. The van der Waals surface area contributed by atoms with Crippen molar-refractivity contribution >= 4 is 5.82 Å². The summed E-state index contributed by atoms with van der Waals surface area (Å²) in [5.74, 6) is 1.13. The van der Waals surface area contributed by atoms with Crippen molar-refractivity contribution in [3.8, 4) is 0 Å². The van der Waals surface area contributed by atoms with E-state index in [1.807, 2.05) is 6.20 Å². The Kier molecular flexibility index (Phi) is 3.74. The Morgan fingerprint density at radius 1 is 1.26 bits per heavy atom. The lowest BCUT2D eigenvalue weighted by Crippen LogP contribution is -2.38. The molecule has 2 heterocycles. The van der Waals surface area contributed by atoms with Gasteiger partial charge in [-0.1, -0.05) is 12.5 Å². The Balaban J connectivity index is 1.85. The van der Waals surface area contributed by atoms with Gasteiger partial charge in [0, 0.05) is 29.9 Å². The summed E-state index contributed by atoms with van der Waals surface area (Å²) in [6.45, 7) is 5.84. The molecule has 1 saturated carbocycles. The normalized spacial score (nSPS) is 24.7. The van der Waals surface area contributed by atoms with Crippen molar-refractivity contribution < 1.29 is 0 Å². The first kappa shape index (κ1) is 12.9. The second kappa shape index (κ2) is 5.49. The number of pyridine rings is 1. The van der Waals surface area contributed by atoms with Gasteiger partial charge in [0.15, 0.2) is 0 Å². The van der Waals surface area contributed by atoms with E-state index in [0.717, 1.165) is 5.82 Å². The minimum Gasteiger partial charge on any atom is -0.367 e. The maximum Gasteiger partial charge on any atom is 0.130 e. The largest absolute Gasteiger partial charge is 0.367 e. The van der Waals surface area contributed by atoms with E-state index in [0.29, 0.717) is 18.1 Å². The van der Waals surface area contributed by atoms with Crippen LogP contribution < -0.4 is 5.32 Å². The second-order valence-corrected chi connectivity index (χ2v) is 6.20. The molecular weight excluding hydrogens is 234 g/mol. The molecule has 0 aromatic carbocycles. The maximum absolute atomic E-state index is 4.59. The zero-order valence-electron chi connectivity index (χ0n) is 12.1. The van der Waals surface area contributed by atoms with Crippen LogP contribution in [0.4, 0.5) is 5.82 Å². The lowest BCUT2D eigenvalue weighted by atomic mass is 9.94. The smallest absolute Gasteiger partial charge is 0.130 e. The van der Waals surface area contributed by atoms with Crippen LogP contribution in [0.15, 0.2) is 18.3 Å². The van der Waals surface area contributed by atoms with E-state index < -0.39 is 0 Å². The standard InChI is InChI=1S/C16H25N3/c1-12(2)19-11-4-3-7-15(19)14-6-5-10-17-16(14)18-13-8-9-13/h5-6,10,12-13,15H,3-4,7-9,11H2,1-2H3,(H,17,18). The Morgan fingerprint density at radius 3 is 2.84 bits per heavy atom. The third-order valence-corrected chi connectivity index (χ3v) is 4.32. The topological polar surface area (TPSA) is 28.2 Å². The number of nitrogens with zero attached hydrogens (tertiary/aromatic N) is 2. The van der Waals surface area contributed by atoms with Crippen LogP contribution in [0.3, 0.4) is 0 Å². The first-order chi connectivity index (χ1) is 9.25. The van der Waals surface area contributed by atoms with Crippen molar-refractivity contribution in [2.24, 2.45) is 0 Å². The summed E-state index contributed by atoms with van der Waals surface area (Å²) in [4.78, 5) is 7.23. The summed E-state index contributed by atoms with van der Waals surface area (Å²) in [6.07, 6.45) is 8.45. The van der Waals surface area contributed by atoms with E-state index in [-0.39, 0.29) is 0 Å². The lowest BCUT2D eigenvalue weighted by molar-refractivity contribution is 0.112. The Morgan fingerprint density at radius 2 is 2.11 bits per heavy atom. The van der Waals surface area contributed by atoms with E-state index in [2.05, 4.69) is 41.2 Å². The number of piperidine rings is 1. The van der Waals surface area contributed by atoms with Crippen LogP contribution in [0, 0.1) is 0 Å². The van der Waals surface area contributed by atoms with Crippen molar-refractivity contribution in [3.05, 3.63) is 23.9 Å². The van der Waals surface area contributed by atoms with Crippen LogP contribution >= 0.6 is 0 Å². The minimum atomic E-state index is 0.545. The molecule has 1 aliphatic carbocycles. The quantitative estimate of drug-likeness (QED) is 0.895. The van der Waals surface area contributed by atoms with Gasteiger partial charge in [0.25, 0.3) is 0 Å². The molecule has 0 radical (unpaired) electrons. The number of hydrogen-bond acceptors (Lipinski definition) is 3. The van der Waals surface area contributed by atoms with Crippen molar-refractivity contribution in [1.29, 1.82) is 0 Å². The molecule has 2 aliphatic rings. The number of nitrogens with one attached hydrogen (secondary N) is 1. The number of likely N-dealkylation sites (tertiary alicyclic amines) is 1. The molecule has 1 aliphatic heterocycles. The summed E-state index contributed by atoms with van der Waals surface area (Å²) < 4.78 is 0. The van der Waals surface area contributed by atoms with E-state index in [9.17, 15) is 0 Å². The molecule has 1 unspecified atom stereocenters. The summed E-state index contributed by atoms with van der Waals surface area (Å²) in [5.41, 5.74) is 1.41. The van der Waals surface area contributed by atoms with Gasteiger partial charge in [0.1, 0.15) is 5.82 Å². The molecule has 3 nitrogen and oxygen atoms in total. The van der Waals surface area contributed by atoms with Crippen LogP contribution in [0.25, 0.3) is 0 Å². The predicted molar refractivity (Wildman–Crippen MR) is 79.3 cm³/mol. The molecule has 1 saturated heterocycles. The molecule has 0 bridgehead atoms. The van der Waals surface area contributed by atoms with Crippen molar-refractivity contribution in [1.82, 2.24) is 9.88 Å². The summed E-state index contributed by atoms with van der Waals surface area (Å²) >= 11 is 0. The molecule has 2 fully saturated rings. The number of hydrogen-bond donors (Lipinski definition) is 1. The Hall–Kier alpha value is -1.09. The highest BCUT2D eigenvalue weighted by Gasteiger charge is 2.29.